The molecule has 2 aromatic carbocycles. The van der Waals surface area contributed by atoms with Gasteiger partial charge in [-0.1, -0.05) is 24.3 Å². The van der Waals surface area contributed by atoms with Gasteiger partial charge in [0.15, 0.2) is 0 Å². The topological polar surface area (TPSA) is 91.7 Å². The monoisotopic (exact) mass is 389 g/mol. The minimum absolute atomic E-state index is 0.0665. The number of carbonyl (C=O) groups is 1. The van der Waals surface area contributed by atoms with Crippen molar-refractivity contribution in [3.63, 3.8) is 0 Å². The Kier molecular flexibility index (Phi) is 4.48. The Bertz CT molecular complexity index is 1100. The summed E-state index contributed by atoms with van der Waals surface area (Å²) in [7, 11) is 2.11. The average molecular weight is 389 g/mol. The normalized spacial score (nSPS) is 20.3. The second-order valence-corrected chi connectivity index (χ2v) is 7.64. The van der Waals surface area contributed by atoms with Gasteiger partial charge in [-0.05, 0) is 44.2 Å². The summed E-state index contributed by atoms with van der Waals surface area (Å²) in [5, 5.41) is 11.9. The Labute approximate surface area is 167 Å². The van der Waals surface area contributed by atoms with E-state index in [4.69, 9.17) is 4.98 Å². The number of piperidine rings is 1. The summed E-state index contributed by atoms with van der Waals surface area (Å²) in [6.45, 7) is 1.02. The van der Waals surface area contributed by atoms with E-state index in [2.05, 4.69) is 32.4 Å². The van der Waals surface area contributed by atoms with Crippen molar-refractivity contribution in [2.24, 2.45) is 0 Å². The zero-order chi connectivity index (χ0) is 19.8. The van der Waals surface area contributed by atoms with Crippen molar-refractivity contribution in [3.8, 4) is 0 Å². The number of aromatic amines is 1. The molecule has 0 spiro atoms. The highest BCUT2D eigenvalue weighted by Gasteiger charge is 2.30. The number of benzene rings is 2. The molecule has 1 aliphatic rings. The van der Waals surface area contributed by atoms with Crippen molar-refractivity contribution in [2.45, 2.75) is 31.5 Å². The molecule has 29 heavy (non-hydrogen) atoms. The lowest BCUT2D eigenvalue weighted by molar-refractivity contribution is -0.123. The van der Waals surface area contributed by atoms with Crippen LogP contribution >= 0.6 is 0 Å². The first-order chi connectivity index (χ1) is 14.2. The van der Waals surface area contributed by atoms with Crippen LogP contribution in [0.1, 0.15) is 24.7 Å². The van der Waals surface area contributed by atoms with Crippen LogP contribution in [0.4, 0.5) is 0 Å². The summed E-state index contributed by atoms with van der Waals surface area (Å²) in [5.74, 6) is 0.885. The second kappa shape index (κ2) is 7.29. The van der Waals surface area contributed by atoms with Crippen LogP contribution < -0.4 is 5.32 Å². The SMILES string of the molecule is CN1CC[C@@H](NC(=O)Cn2nc3ccccc3n2)C[C@@H]1c1nc2ccccc2[nH]1. The molecule has 3 heterocycles. The minimum Gasteiger partial charge on any atom is -0.352 e. The molecule has 2 aromatic heterocycles. The molecule has 0 aliphatic carbocycles. The number of nitrogens with one attached hydrogen (secondary N) is 2. The lowest BCUT2D eigenvalue weighted by Crippen LogP contribution is -2.46. The van der Waals surface area contributed by atoms with Gasteiger partial charge in [-0.25, -0.2) is 4.98 Å². The predicted molar refractivity (Wildman–Crippen MR) is 110 cm³/mol. The molecule has 148 valence electrons. The number of para-hydroxylation sites is 2. The van der Waals surface area contributed by atoms with Crippen molar-refractivity contribution in [2.75, 3.05) is 13.6 Å². The van der Waals surface area contributed by atoms with Gasteiger partial charge in [0.25, 0.3) is 0 Å². The maximum atomic E-state index is 12.6. The van der Waals surface area contributed by atoms with Crippen molar-refractivity contribution in [3.05, 3.63) is 54.4 Å². The molecule has 0 radical (unpaired) electrons. The maximum Gasteiger partial charge on any atom is 0.243 e. The van der Waals surface area contributed by atoms with Crippen LogP contribution in [0.25, 0.3) is 22.1 Å². The summed E-state index contributed by atoms with van der Waals surface area (Å²) in [6, 6.07) is 15.9. The molecule has 1 amide bonds. The van der Waals surface area contributed by atoms with Crippen LogP contribution in [0, 0.1) is 0 Å². The smallest absolute Gasteiger partial charge is 0.243 e. The number of carbonyl (C=O) groups excluding carboxylic acids is 1. The number of likely N-dealkylation sites (tertiary alicyclic amines) is 1. The fourth-order valence-electron chi connectivity index (χ4n) is 4.04. The minimum atomic E-state index is -0.0665. The summed E-state index contributed by atoms with van der Waals surface area (Å²) in [6.07, 6.45) is 1.73. The maximum absolute atomic E-state index is 12.6. The summed E-state index contributed by atoms with van der Waals surface area (Å²) >= 11 is 0. The standard InChI is InChI=1S/C21H23N7O/c1-27-11-10-14(12-19(27)21-23-15-6-2-3-7-16(15)24-21)22-20(29)13-28-25-17-8-4-5-9-18(17)26-28/h2-9,14,19H,10-13H2,1H3,(H,22,29)(H,23,24)/t14-,19-/m1/s1. The molecule has 0 bridgehead atoms. The number of amides is 1. The third-order valence-corrected chi connectivity index (χ3v) is 5.57. The molecule has 1 aliphatic heterocycles. The molecule has 8 nitrogen and oxygen atoms in total. The number of hydrogen-bond acceptors (Lipinski definition) is 5. The molecular weight excluding hydrogens is 366 g/mol. The summed E-state index contributed by atoms with van der Waals surface area (Å²) in [4.78, 5) is 24.5. The Morgan fingerprint density at radius 2 is 1.79 bits per heavy atom. The Morgan fingerprint density at radius 3 is 2.52 bits per heavy atom. The second-order valence-electron chi connectivity index (χ2n) is 7.64. The van der Waals surface area contributed by atoms with Gasteiger partial charge in [0, 0.05) is 12.6 Å². The van der Waals surface area contributed by atoms with Crippen molar-refractivity contribution in [1.29, 1.82) is 0 Å². The lowest BCUT2D eigenvalue weighted by Gasteiger charge is -2.36. The Morgan fingerprint density at radius 1 is 1.10 bits per heavy atom. The first-order valence-electron chi connectivity index (χ1n) is 9.90. The number of aromatic nitrogens is 5. The Balaban J connectivity index is 1.26. The van der Waals surface area contributed by atoms with Crippen LogP contribution in [-0.4, -0.2) is 55.4 Å². The molecule has 1 fully saturated rings. The zero-order valence-corrected chi connectivity index (χ0v) is 16.2. The van der Waals surface area contributed by atoms with E-state index in [1.807, 2.05) is 48.5 Å². The van der Waals surface area contributed by atoms with E-state index in [-0.39, 0.29) is 24.5 Å². The van der Waals surface area contributed by atoms with E-state index < -0.39 is 0 Å². The van der Waals surface area contributed by atoms with E-state index >= 15 is 0 Å². The Hall–Kier alpha value is -3.26. The van der Waals surface area contributed by atoms with Gasteiger partial charge in [-0.2, -0.15) is 15.0 Å². The van der Waals surface area contributed by atoms with E-state index in [0.29, 0.717) is 0 Å². The van der Waals surface area contributed by atoms with Crippen LogP contribution in [0.2, 0.25) is 0 Å². The summed E-state index contributed by atoms with van der Waals surface area (Å²) in [5.41, 5.74) is 3.60. The number of rotatable bonds is 4. The first-order valence-corrected chi connectivity index (χ1v) is 9.90. The van der Waals surface area contributed by atoms with Crippen molar-refractivity contribution >= 4 is 28.0 Å². The largest absolute Gasteiger partial charge is 0.352 e. The molecule has 4 aromatic rings. The molecule has 5 rings (SSSR count). The van der Waals surface area contributed by atoms with Crippen LogP contribution in [0.3, 0.4) is 0 Å². The first kappa shape index (κ1) is 17.8. The van der Waals surface area contributed by atoms with Crippen LogP contribution in [-0.2, 0) is 11.3 Å². The lowest BCUT2D eigenvalue weighted by atomic mass is 9.97. The van der Waals surface area contributed by atoms with E-state index in [1.165, 1.54) is 4.80 Å². The number of hydrogen-bond donors (Lipinski definition) is 2. The number of fused-ring (bicyclic) bond motifs is 2. The molecule has 1 saturated heterocycles. The molecule has 2 atom stereocenters. The fraction of sp³-hybridized carbons (Fsp3) is 0.333. The van der Waals surface area contributed by atoms with Crippen molar-refractivity contribution in [1.82, 2.24) is 35.2 Å². The number of nitrogens with zero attached hydrogens (tertiary/aromatic N) is 5. The molecule has 0 unspecified atom stereocenters. The van der Waals surface area contributed by atoms with Crippen LogP contribution in [0.15, 0.2) is 48.5 Å². The third kappa shape index (κ3) is 3.58. The van der Waals surface area contributed by atoms with Gasteiger partial charge >= 0.3 is 0 Å². The van der Waals surface area contributed by atoms with Crippen LogP contribution in [0.5, 0.6) is 0 Å². The zero-order valence-electron chi connectivity index (χ0n) is 16.2. The third-order valence-electron chi connectivity index (χ3n) is 5.57. The quantitative estimate of drug-likeness (QED) is 0.559. The molecule has 0 saturated carbocycles. The van der Waals surface area contributed by atoms with E-state index in [9.17, 15) is 4.79 Å². The van der Waals surface area contributed by atoms with E-state index in [0.717, 1.165) is 47.3 Å². The van der Waals surface area contributed by atoms with Gasteiger partial charge in [0.1, 0.15) is 23.4 Å². The molecular formula is C21H23N7O. The predicted octanol–water partition coefficient (Wildman–Crippen LogP) is 2.26. The van der Waals surface area contributed by atoms with Crippen molar-refractivity contribution < 1.29 is 4.79 Å². The van der Waals surface area contributed by atoms with Gasteiger partial charge in [0.2, 0.25) is 5.91 Å². The van der Waals surface area contributed by atoms with Gasteiger partial charge in [-0.15, -0.1) is 0 Å². The number of H-pyrrole nitrogens is 1. The van der Waals surface area contributed by atoms with Gasteiger partial charge in [0.05, 0.1) is 17.1 Å². The van der Waals surface area contributed by atoms with E-state index in [1.54, 1.807) is 0 Å². The van der Waals surface area contributed by atoms with Gasteiger partial charge in [-0.3, -0.25) is 9.69 Å². The molecule has 2 N–H and O–H groups in total. The molecule has 8 heteroatoms. The number of imidazole rings is 1. The average Bonchev–Trinajstić information content (AvgIpc) is 3.32. The highest BCUT2D eigenvalue weighted by atomic mass is 16.2. The van der Waals surface area contributed by atoms with Gasteiger partial charge < -0.3 is 10.3 Å². The highest BCUT2D eigenvalue weighted by Crippen LogP contribution is 2.29. The summed E-state index contributed by atoms with van der Waals surface area (Å²) < 4.78 is 0. The highest BCUT2D eigenvalue weighted by molar-refractivity contribution is 5.77. The fourth-order valence-corrected chi connectivity index (χ4v) is 4.04.